The highest BCUT2D eigenvalue weighted by molar-refractivity contribution is 7.99. The summed E-state index contributed by atoms with van der Waals surface area (Å²) in [5, 5.41) is 8.50. The van der Waals surface area contributed by atoms with Crippen LogP contribution in [-0.4, -0.2) is 51.0 Å². The van der Waals surface area contributed by atoms with Crippen LogP contribution in [0.2, 0.25) is 0 Å². The number of hydrogen-bond donors (Lipinski definition) is 0. The Labute approximate surface area is 133 Å². The van der Waals surface area contributed by atoms with Crippen LogP contribution >= 0.6 is 11.8 Å². The number of hydrogen-bond acceptors (Lipinski definition) is 5. The molecule has 1 aliphatic rings. The largest absolute Gasteiger partial charge is 0.488 e. The summed E-state index contributed by atoms with van der Waals surface area (Å²) in [5.41, 5.74) is 1.21. The molecule has 1 aromatic heterocycles. The van der Waals surface area contributed by atoms with Gasteiger partial charge in [-0.05, 0) is 11.6 Å². The molecule has 0 spiro atoms. The molecule has 0 saturated carbocycles. The van der Waals surface area contributed by atoms with E-state index in [1.165, 1.54) is 17.3 Å². The van der Waals surface area contributed by atoms with E-state index in [-0.39, 0.29) is 12.0 Å². The Kier molecular flexibility index (Phi) is 4.33. The van der Waals surface area contributed by atoms with Gasteiger partial charge in [0.05, 0.1) is 12.3 Å². The van der Waals surface area contributed by atoms with Gasteiger partial charge in [0.25, 0.3) is 0 Å². The number of fused-ring (bicyclic) bond motifs is 1. The summed E-state index contributed by atoms with van der Waals surface area (Å²) >= 11 is 1.39. The van der Waals surface area contributed by atoms with Crippen molar-refractivity contribution in [3.05, 3.63) is 36.2 Å². The molecule has 0 N–H and O–H groups in total. The number of aryl methyl sites for hydroxylation is 1. The van der Waals surface area contributed by atoms with E-state index in [1.54, 1.807) is 15.8 Å². The zero-order chi connectivity index (χ0) is 15.5. The van der Waals surface area contributed by atoms with Crippen molar-refractivity contribution < 1.29 is 9.53 Å². The predicted octanol–water partition coefficient (Wildman–Crippen LogP) is 1.37. The standard InChI is InChI=1S/C15H18N4O2S/c1-18(14(20)9-22-15-17-16-10-19(15)2)8-12-7-11-5-3-4-6-13(11)21-12/h3-6,10,12H,7-9H2,1-2H3. The van der Waals surface area contributed by atoms with E-state index < -0.39 is 0 Å². The van der Waals surface area contributed by atoms with E-state index in [9.17, 15) is 4.79 Å². The lowest BCUT2D eigenvalue weighted by atomic mass is 10.1. The van der Waals surface area contributed by atoms with Crippen LogP contribution in [0.3, 0.4) is 0 Å². The monoisotopic (exact) mass is 318 g/mol. The molecule has 1 unspecified atom stereocenters. The first kappa shape index (κ1) is 14.9. The third kappa shape index (κ3) is 3.24. The molecular weight excluding hydrogens is 300 g/mol. The zero-order valence-electron chi connectivity index (χ0n) is 12.6. The number of amides is 1. The summed E-state index contributed by atoms with van der Waals surface area (Å²) in [4.78, 5) is 13.9. The van der Waals surface area contributed by atoms with Crippen molar-refractivity contribution in [2.24, 2.45) is 7.05 Å². The molecule has 116 valence electrons. The number of nitrogens with zero attached hydrogens (tertiary/aromatic N) is 4. The molecule has 2 heterocycles. The van der Waals surface area contributed by atoms with Gasteiger partial charge in [-0.2, -0.15) is 0 Å². The van der Waals surface area contributed by atoms with Gasteiger partial charge in [-0.3, -0.25) is 4.79 Å². The highest BCUT2D eigenvalue weighted by Crippen LogP contribution is 2.28. The zero-order valence-corrected chi connectivity index (χ0v) is 13.4. The number of thioether (sulfide) groups is 1. The van der Waals surface area contributed by atoms with Gasteiger partial charge < -0.3 is 14.2 Å². The molecule has 2 aromatic rings. The molecule has 3 rings (SSSR count). The summed E-state index contributed by atoms with van der Waals surface area (Å²) < 4.78 is 7.67. The number of benzene rings is 1. The first-order valence-corrected chi connectivity index (χ1v) is 8.07. The van der Waals surface area contributed by atoms with Crippen molar-refractivity contribution in [2.45, 2.75) is 17.7 Å². The smallest absolute Gasteiger partial charge is 0.232 e. The Morgan fingerprint density at radius 3 is 3.05 bits per heavy atom. The third-order valence-corrected chi connectivity index (χ3v) is 4.63. The fraction of sp³-hybridized carbons (Fsp3) is 0.400. The number of ether oxygens (including phenoxy) is 1. The molecule has 1 aromatic carbocycles. The van der Waals surface area contributed by atoms with Crippen LogP contribution in [0.4, 0.5) is 0 Å². The average Bonchev–Trinajstić information content (AvgIpc) is 3.10. The minimum absolute atomic E-state index is 0.0335. The number of para-hydroxylation sites is 1. The lowest BCUT2D eigenvalue weighted by Gasteiger charge is -2.20. The van der Waals surface area contributed by atoms with Crippen LogP contribution in [0.15, 0.2) is 35.7 Å². The maximum Gasteiger partial charge on any atom is 0.232 e. The van der Waals surface area contributed by atoms with Crippen molar-refractivity contribution in [2.75, 3.05) is 19.3 Å². The molecule has 6 nitrogen and oxygen atoms in total. The molecule has 1 aliphatic heterocycles. The van der Waals surface area contributed by atoms with E-state index in [0.29, 0.717) is 12.3 Å². The van der Waals surface area contributed by atoms with Crippen LogP contribution in [0.1, 0.15) is 5.56 Å². The summed E-state index contributed by atoms with van der Waals surface area (Å²) in [5.74, 6) is 1.34. The van der Waals surface area contributed by atoms with E-state index in [4.69, 9.17) is 4.74 Å². The van der Waals surface area contributed by atoms with Gasteiger partial charge in [0.1, 0.15) is 18.2 Å². The number of aromatic nitrogens is 3. The quantitative estimate of drug-likeness (QED) is 0.779. The second kappa shape index (κ2) is 6.39. The van der Waals surface area contributed by atoms with E-state index >= 15 is 0 Å². The Hall–Kier alpha value is -2.02. The van der Waals surface area contributed by atoms with Crippen molar-refractivity contribution in [3.8, 4) is 5.75 Å². The number of rotatable bonds is 5. The second-order valence-corrected chi connectivity index (χ2v) is 6.28. The molecule has 0 bridgehead atoms. The predicted molar refractivity (Wildman–Crippen MR) is 83.9 cm³/mol. The topological polar surface area (TPSA) is 60.2 Å². The average molecular weight is 318 g/mol. The molecule has 0 radical (unpaired) electrons. The highest BCUT2D eigenvalue weighted by Gasteiger charge is 2.25. The van der Waals surface area contributed by atoms with E-state index in [1.807, 2.05) is 32.3 Å². The lowest BCUT2D eigenvalue weighted by molar-refractivity contribution is -0.128. The third-order valence-electron chi connectivity index (χ3n) is 3.61. The van der Waals surface area contributed by atoms with Gasteiger partial charge in [-0.1, -0.05) is 30.0 Å². The molecule has 22 heavy (non-hydrogen) atoms. The Balaban J connectivity index is 1.49. The van der Waals surface area contributed by atoms with Crippen molar-refractivity contribution in [1.29, 1.82) is 0 Å². The summed E-state index contributed by atoms with van der Waals surface area (Å²) in [7, 11) is 3.67. The van der Waals surface area contributed by atoms with Crippen LogP contribution in [0.5, 0.6) is 5.75 Å². The molecule has 7 heteroatoms. The van der Waals surface area contributed by atoms with Crippen LogP contribution in [0.25, 0.3) is 0 Å². The number of carbonyl (C=O) groups excluding carboxylic acids is 1. The van der Waals surface area contributed by atoms with Crippen molar-refractivity contribution in [3.63, 3.8) is 0 Å². The SMILES string of the molecule is CN(CC1Cc2ccccc2O1)C(=O)CSc1nncn1C. The van der Waals surface area contributed by atoms with Gasteiger partial charge in [-0.25, -0.2) is 0 Å². The number of likely N-dealkylation sites (N-methyl/N-ethyl adjacent to an activating group) is 1. The first-order chi connectivity index (χ1) is 10.6. The Morgan fingerprint density at radius 2 is 2.32 bits per heavy atom. The summed E-state index contributed by atoms with van der Waals surface area (Å²) in [6.45, 7) is 0.590. The molecule has 0 saturated heterocycles. The Bertz CT molecular complexity index is 648. The van der Waals surface area contributed by atoms with Gasteiger partial charge in [-0.15, -0.1) is 10.2 Å². The maximum atomic E-state index is 12.2. The number of carbonyl (C=O) groups is 1. The molecule has 0 fully saturated rings. The minimum Gasteiger partial charge on any atom is -0.488 e. The van der Waals surface area contributed by atoms with Crippen LogP contribution in [0, 0.1) is 0 Å². The first-order valence-electron chi connectivity index (χ1n) is 7.09. The fourth-order valence-corrected chi connectivity index (χ4v) is 3.23. The maximum absolute atomic E-state index is 12.2. The van der Waals surface area contributed by atoms with Gasteiger partial charge in [0.2, 0.25) is 5.91 Å². The Morgan fingerprint density at radius 1 is 1.50 bits per heavy atom. The molecule has 0 aliphatic carbocycles. The lowest BCUT2D eigenvalue weighted by Crippen LogP contribution is -2.37. The van der Waals surface area contributed by atoms with Gasteiger partial charge in [0, 0.05) is 20.5 Å². The molecule has 1 amide bonds. The van der Waals surface area contributed by atoms with E-state index in [2.05, 4.69) is 16.3 Å². The highest BCUT2D eigenvalue weighted by atomic mass is 32.2. The van der Waals surface area contributed by atoms with Gasteiger partial charge in [0.15, 0.2) is 5.16 Å². The van der Waals surface area contributed by atoms with Crippen LogP contribution < -0.4 is 4.74 Å². The van der Waals surface area contributed by atoms with Gasteiger partial charge >= 0.3 is 0 Å². The summed E-state index contributed by atoms with van der Waals surface area (Å²) in [6, 6.07) is 8.02. The van der Waals surface area contributed by atoms with Crippen molar-refractivity contribution >= 4 is 17.7 Å². The van der Waals surface area contributed by atoms with E-state index in [0.717, 1.165) is 17.3 Å². The fourth-order valence-electron chi connectivity index (χ4n) is 2.40. The molecule has 1 atom stereocenters. The normalized spacial score (nSPS) is 16.2. The minimum atomic E-state index is 0.0335. The summed E-state index contributed by atoms with van der Waals surface area (Å²) in [6.07, 6.45) is 2.51. The van der Waals surface area contributed by atoms with Crippen molar-refractivity contribution in [1.82, 2.24) is 19.7 Å². The molecular formula is C15H18N4O2S. The second-order valence-electron chi connectivity index (χ2n) is 5.34. The van der Waals surface area contributed by atoms with Crippen LogP contribution in [-0.2, 0) is 18.3 Å².